The zero-order valence-corrected chi connectivity index (χ0v) is 12.0. The van der Waals surface area contributed by atoms with Crippen molar-refractivity contribution in [1.82, 2.24) is 5.43 Å². The van der Waals surface area contributed by atoms with Crippen LogP contribution in [0.3, 0.4) is 0 Å². The van der Waals surface area contributed by atoms with Gasteiger partial charge >= 0.3 is 0 Å². The van der Waals surface area contributed by atoms with Crippen LogP contribution in [0.1, 0.15) is 50.1 Å². The van der Waals surface area contributed by atoms with Gasteiger partial charge in [-0.15, -0.1) is 0 Å². The summed E-state index contributed by atoms with van der Waals surface area (Å²) in [5.41, 5.74) is 3.41. The van der Waals surface area contributed by atoms with Crippen molar-refractivity contribution in [3.05, 3.63) is 34.1 Å². The van der Waals surface area contributed by atoms with Gasteiger partial charge in [0.2, 0.25) is 0 Å². The van der Waals surface area contributed by atoms with Crippen molar-refractivity contribution in [2.24, 2.45) is 11.8 Å². The topological polar surface area (TPSA) is 38.0 Å². The van der Waals surface area contributed by atoms with Crippen LogP contribution >= 0.6 is 15.9 Å². The molecule has 1 fully saturated rings. The Labute approximate surface area is 116 Å². The second kappa shape index (κ2) is 6.64. The highest BCUT2D eigenvalue weighted by molar-refractivity contribution is 9.10. The average molecular weight is 315 g/mol. The molecule has 0 spiro atoms. The summed E-state index contributed by atoms with van der Waals surface area (Å²) >= 11 is 3.22. The van der Waals surface area contributed by atoms with Crippen LogP contribution < -0.4 is 11.3 Å². The van der Waals surface area contributed by atoms with Gasteiger partial charge in [-0.1, -0.05) is 37.8 Å². The van der Waals surface area contributed by atoms with Gasteiger partial charge in [0.05, 0.1) is 4.47 Å². The van der Waals surface area contributed by atoms with E-state index in [1.165, 1.54) is 25.7 Å². The number of hydrogen-bond donors (Lipinski definition) is 2. The van der Waals surface area contributed by atoms with Gasteiger partial charge in [-0.3, -0.25) is 11.3 Å². The van der Waals surface area contributed by atoms with Crippen LogP contribution in [0, 0.1) is 11.7 Å². The first kappa shape index (κ1) is 14.0. The van der Waals surface area contributed by atoms with E-state index in [9.17, 15) is 4.39 Å². The molecule has 0 bridgehead atoms. The first-order valence-corrected chi connectivity index (χ1v) is 7.41. The third-order valence-corrected chi connectivity index (χ3v) is 4.51. The zero-order chi connectivity index (χ0) is 13.0. The summed E-state index contributed by atoms with van der Waals surface area (Å²) in [4.78, 5) is 0. The van der Waals surface area contributed by atoms with Gasteiger partial charge in [0.25, 0.3) is 0 Å². The molecule has 1 aromatic carbocycles. The van der Waals surface area contributed by atoms with Crippen LogP contribution in [0.4, 0.5) is 4.39 Å². The molecule has 1 aromatic rings. The molecule has 1 aliphatic rings. The van der Waals surface area contributed by atoms with Crippen LogP contribution in [0.15, 0.2) is 22.7 Å². The molecule has 4 heteroatoms. The smallest absolute Gasteiger partial charge is 0.142 e. The number of nitrogens with two attached hydrogens (primary N) is 1. The Morgan fingerprint density at radius 3 is 2.78 bits per heavy atom. The van der Waals surface area contributed by atoms with Crippen LogP contribution in [-0.4, -0.2) is 0 Å². The zero-order valence-electron chi connectivity index (χ0n) is 10.5. The Hall–Kier alpha value is -0.450. The molecule has 2 rings (SSSR count). The van der Waals surface area contributed by atoms with Crippen LogP contribution in [0.2, 0.25) is 0 Å². The van der Waals surface area contributed by atoms with E-state index < -0.39 is 0 Å². The molecular formula is C14H20BrFN2. The predicted octanol–water partition coefficient (Wildman–Crippen LogP) is 4.06. The molecule has 0 saturated heterocycles. The molecule has 0 aliphatic heterocycles. The fourth-order valence-corrected chi connectivity index (χ4v) is 3.20. The van der Waals surface area contributed by atoms with E-state index in [-0.39, 0.29) is 11.9 Å². The minimum atomic E-state index is -0.202. The van der Waals surface area contributed by atoms with Crippen molar-refractivity contribution in [2.45, 2.75) is 44.6 Å². The van der Waals surface area contributed by atoms with Gasteiger partial charge < -0.3 is 0 Å². The highest BCUT2D eigenvalue weighted by Gasteiger charge is 2.20. The summed E-state index contributed by atoms with van der Waals surface area (Å²) in [6.45, 7) is 0. The van der Waals surface area contributed by atoms with E-state index in [4.69, 9.17) is 5.84 Å². The summed E-state index contributed by atoms with van der Waals surface area (Å²) in [5.74, 6) is 6.18. The minimum Gasteiger partial charge on any atom is -0.271 e. The average Bonchev–Trinajstić information content (AvgIpc) is 2.88. The number of hydrogen-bond acceptors (Lipinski definition) is 2. The number of hydrazine groups is 1. The number of benzene rings is 1. The van der Waals surface area contributed by atoms with Crippen LogP contribution in [-0.2, 0) is 0 Å². The van der Waals surface area contributed by atoms with Gasteiger partial charge in [-0.2, -0.15) is 0 Å². The normalized spacial score (nSPS) is 18.2. The highest BCUT2D eigenvalue weighted by atomic mass is 79.9. The van der Waals surface area contributed by atoms with Crippen molar-refractivity contribution in [3.63, 3.8) is 0 Å². The molecule has 2 nitrogen and oxygen atoms in total. The van der Waals surface area contributed by atoms with Gasteiger partial charge in [-0.05, 0) is 40.8 Å². The fraction of sp³-hybridized carbons (Fsp3) is 0.571. The molecule has 0 heterocycles. The summed E-state index contributed by atoms with van der Waals surface area (Å²) in [7, 11) is 0. The third-order valence-electron chi connectivity index (χ3n) is 3.90. The molecule has 100 valence electrons. The summed E-state index contributed by atoms with van der Waals surface area (Å²) < 4.78 is 14.5. The fourth-order valence-electron chi connectivity index (χ4n) is 2.82. The summed E-state index contributed by atoms with van der Waals surface area (Å²) in [5, 5.41) is 0. The molecular weight excluding hydrogens is 295 g/mol. The Morgan fingerprint density at radius 2 is 2.11 bits per heavy atom. The Bertz CT molecular complexity index is 391. The number of halogens is 2. The van der Waals surface area contributed by atoms with Crippen molar-refractivity contribution < 1.29 is 4.39 Å². The first-order chi connectivity index (χ1) is 8.72. The lowest BCUT2D eigenvalue weighted by atomic mass is 9.95. The van der Waals surface area contributed by atoms with Gasteiger partial charge in [0.15, 0.2) is 0 Å². The highest BCUT2D eigenvalue weighted by Crippen LogP contribution is 2.32. The predicted molar refractivity (Wildman–Crippen MR) is 75.4 cm³/mol. The monoisotopic (exact) mass is 314 g/mol. The maximum atomic E-state index is 14.0. The largest absolute Gasteiger partial charge is 0.271 e. The lowest BCUT2D eigenvalue weighted by molar-refractivity contribution is 0.406. The van der Waals surface area contributed by atoms with E-state index in [2.05, 4.69) is 21.4 Å². The molecule has 0 aromatic heterocycles. The van der Waals surface area contributed by atoms with E-state index in [0.717, 1.165) is 18.8 Å². The molecule has 1 atom stereocenters. The van der Waals surface area contributed by atoms with Gasteiger partial charge in [-0.25, -0.2) is 4.39 Å². The second-order valence-electron chi connectivity index (χ2n) is 5.09. The first-order valence-electron chi connectivity index (χ1n) is 6.62. The molecule has 3 N–H and O–H groups in total. The van der Waals surface area contributed by atoms with Crippen LogP contribution in [0.5, 0.6) is 0 Å². The maximum Gasteiger partial charge on any atom is 0.142 e. The standard InChI is InChI=1S/C14H20BrFN2/c15-12-7-3-6-11(14(12)16)13(18-17)9-8-10-4-1-2-5-10/h3,6-7,10,13,18H,1-2,4-5,8-9,17H2. The summed E-state index contributed by atoms with van der Waals surface area (Å²) in [6.07, 6.45) is 7.35. The number of rotatable bonds is 5. The quantitative estimate of drug-likeness (QED) is 0.635. The summed E-state index contributed by atoms with van der Waals surface area (Å²) in [6, 6.07) is 5.27. The third kappa shape index (κ3) is 3.31. The lowest BCUT2D eigenvalue weighted by Crippen LogP contribution is -2.29. The van der Waals surface area contributed by atoms with Crippen molar-refractivity contribution in [2.75, 3.05) is 0 Å². The Balaban J connectivity index is 2.00. The molecule has 0 radical (unpaired) electrons. The Morgan fingerprint density at radius 1 is 1.39 bits per heavy atom. The lowest BCUT2D eigenvalue weighted by Gasteiger charge is -2.19. The van der Waals surface area contributed by atoms with Crippen molar-refractivity contribution in [3.8, 4) is 0 Å². The second-order valence-corrected chi connectivity index (χ2v) is 5.94. The van der Waals surface area contributed by atoms with Crippen LogP contribution in [0.25, 0.3) is 0 Å². The SMILES string of the molecule is NNC(CCC1CCCC1)c1cccc(Br)c1F. The van der Waals surface area contributed by atoms with E-state index in [0.29, 0.717) is 10.0 Å². The Kier molecular flexibility index (Phi) is 5.15. The van der Waals surface area contributed by atoms with Gasteiger partial charge in [0.1, 0.15) is 5.82 Å². The minimum absolute atomic E-state index is 0.0944. The van der Waals surface area contributed by atoms with E-state index >= 15 is 0 Å². The molecule has 0 amide bonds. The number of nitrogens with one attached hydrogen (secondary N) is 1. The van der Waals surface area contributed by atoms with E-state index in [1.807, 2.05) is 6.07 Å². The molecule has 1 unspecified atom stereocenters. The van der Waals surface area contributed by atoms with Crippen molar-refractivity contribution >= 4 is 15.9 Å². The van der Waals surface area contributed by atoms with Crippen molar-refractivity contribution in [1.29, 1.82) is 0 Å². The molecule has 1 saturated carbocycles. The van der Waals surface area contributed by atoms with Gasteiger partial charge in [0, 0.05) is 11.6 Å². The van der Waals surface area contributed by atoms with E-state index in [1.54, 1.807) is 12.1 Å². The molecule has 1 aliphatic carbocycles. The maximum absolute atomic E-state index is 14.0. The molecule has 18 heavy (non-hydrogen) atoms.